The zero-order valence-corrected chi connectivity index (χ0v) is 12.9. The normalized spacial score (nSPS) is 25.5. The molecule has 0 spiro atoms. The van der Waals surface area contributed by atoms with Crippen molar-refractivity contribution >= 4 is 0 Å². The molecule has 1 aliphatic carbocycles. The van der Waals surface area contributed by atoms with Gasteiger partial charge in [-0.1, -0.05) is 26.2 Å². The molecule has 1 heterocycles. The highest BCUT2D eigenvalue weighted by atomic mass is 15.3. The Morgan fingerprint density at radius 3 is 2.74 bits per heavy atom. The minimum atomic E-state index is 0.213. The van der Waals surface area contributed by atoms with E-state index in [-0.39, 0.29) is 6.04 Å². The Balaban J connectivity index is 2.20. The quantitative estimate of drug-likeness (QED) is 0.903. The Labute approximate surface area is 117 Å². The van der Waals surface area contributed by atoms with E-state index < -0.39 is 0 Å². The van der Waals surface area contributed by atoms with E-state index in [0.29, 0.717) is 6.04 Å². The third-order valence-electron chi connectivity index (χ3n) is 4.68. The van der Waals surface area contributed by atoms with Gasteiger partial charge in [0.15, 0.2) is 0 Å². The molecular formula is C16H29N3. The second kappa shape index (κ2) is 6.08. The highest BCUT2D eigenvalue weighted by molar-refractivity contribution is 5.26. The average molecular weight is 263 g/mol. The molecule has 3 heteroatoms. The number of hydrogen-bond acceptors (Lipinski definition) is 2. The number of aryl methyl sites for hydroxylation is 1. The van der Waals surface area contributed by atoms with E-state index in [1.165, 1.54) is 49.1 Å². The van der Waals surface area contributed by atoms with Crippen molar-refractivity contribution in [1.82, 2.24) is 9.78 Å². The first-order chi connectivity index (χ1) is 9.02. The van der Waals surface area contributed by atoms with E-state index in [0.717, 1.165) is 12.3 Å². The summed E-state index contributed by atoms with van der Waals surface area (Å²) in [4.78, 5) is 0. The van der Waals surface area contributed by atoms with Gasteiger partial charge in [-0.15, -0.1) is 0 Å². The van der Waals surface area contributed by atoms with Crippen LogP contribution in [0.4, 0.5) is 0 Å². The van der Waals surface area contributed by atoms with Crippen molar-refractivity contribution in [2.24, 2.45) is 11.7 Å². The number of rotatable bonds is 4. The van der Waals surface area contributed by atoms with Crippen LogP contribution in [0.25, 0.3) is 0 Å². The van der Waals surface area contributed by atoms with Gasteiger partial charge in [0.2, 0.25) is 0 Å². The van der Waals surface area contributed by atoms with Crippen molar-refractivity contribution in [3.8, 4) is 0 Å². The van der Waals surface area contributed by atoms with Crippen LogP contribution in [0.2, 0.25) is 0 Å². The fraction of sp³-hybridized carbons (Fsp3) is 0.812. The Kier molecular flexibility index (Phi) is 4.67. The molecule has 0 aromatic carbocycles. The molecule has 19 heavy (non-hydrogen) atoms. The van der Waals surface area contributed by atoms with E-state index in [1.807, 2.05) is 0 Å². The molecule has 108 valence electrons. The molecular weight excluding hydrogens is 234 g/mol. The summed E-state index contributed by atoms with van der Waals surface area (Å²) in [5.74, 6) is 0.888. The molecule has 1 aromatic heterocycles. The van der Waals surface area contributed by atoms with Gasteiger partial charge < -0.3 is 5.73 Å². The van der Waals surface area contributed by atoms with Gasteiger partial charge in [-0.3, -0.25) is 4.68 Å². The smallest absolute Gasteiger partial charge is 0.0629 e. The molecule has 1 fully saturated rings. The summed E-state index contributed by atoms with van der Waals surface area (Å²) in [5, 5.41) is 4.82. The molecule has 3 atom stereocenters. The topological polar surface area (TPSA) is 43.8 Å². The molecule has 0 aliphatic heterocycles. The number of hydrogen-bond donors (Lipinski definition) is 1. The largest absolute Gasteiger partial charge is 0.328 e. The minimum absolute atomic E-state index is 0.213. The second-order valence-corrected chi connectivity index (χ2v) is 6.37. The molecule has 2 N–H and O–H groups in total. The molecule has 3 unspecified atom stereocenters. The van der Waals surface area contributed by atoms with Crippen LogP contribution in [-0.2, 0) is 6.42 Å². The van der Waals surface area contributed by atoms with E-state index in [9.17, 15) is 0 Å². The van der Waals surface area contributed by atoms with Gasteiger partial charge in [-0.05, 0) is 51.5 Å². The van der Waals surface area contributed by atoms with Gasteiger partial charge in [0.05, 0.1) is 11.7 Å². The van der Waals surface area contributed by atoms with Crippen LogP contribution in [0.1, 0.15) is 68.9 Å². The maximum absolute atomic E-state index is 5.96. The Bertz CT molecular complexity index is 420. The molecule has 0 saturated heterocycles. The molecule has 1 aromatic rings. The Hall–Kier alpha value is -0.830. The highest BCUT2D eigenvalue weighted by Crippen LogP contribution is 2.35. The summed E-state index contributed by atoms with van der Waals surface area (Å²) in [6, 6.07) is 0.823. The number of nitrogens with two attached hydrogens (primary N) is 1. The van der Waals surface area contributed by atoms with Crippen molar-refractivity contribution in [2.45, 2.75) is 78.3 Å². The van der Waals surface area contributed by atoms with Gasteiger partial charge in [-0.2, -0.15) is 5.10 Å². The molecule has 0 radical (unpaired) electrons. The summed E-state index contributed by atoms with van der Waals surface area (Å²) in [6.07, 6.45) is 7.60. The van der Waals surface area contributed by atoms with Crippen LogP contribution in [0.5, 0.6) is 0 Å². The summed E-state index contributed by atoms with van der Waals surface area (Å²) in [5.41, 5.74) is 9.84. The molecule has 0 bridgehead atoms. The fourth-order valence-corrected chi connectivity index (χ4v) is 3.53. The summed E-state index contributed by atoms with van der Waals surface area (Å²) < 4.78 is 2.30. The Morgan fingerprint density at radius 2 is 2.11 bits per heavy atom. The van der Waals surface area contributed by atoms with Gasteiger partial charge in [0.25, 0.3) is 0 Å². The fourth-order valence-electron chi connectivity index (χ4n) is 3.53. The minimum Gasteiger partial charge on any atom is -0.328 e. The van der Waals surface area contributed by atoms with Crippen molar-refractivity contribution in [2.75, 3.05) is 0 Å². The van der Waals surface area contributed by atoms with Gasteiger partial charge in [0, 0.05) is 11.7 Å². The first-order valence-electron chi connectivity index (χ1n) is 7.83. The monoisotopic (exact) mass is 263 g/mol. The summed E-state index contributed by atoms with van der Waals surface area (Å²) in [7, 11) is 0. The van der Waals surface area contributed by atoms with Gasteiger partial charge in [0.1, 0.15) is 0 Å². The first kappa shape index (κ1) is 14.6. The summed E-state index contributed by atoms with van der Waals surface area (Å²) >= 11 is 0. The van der Waals surface area contributed by atoms with Crippen molar-refractivity contribution in [3.63, 3.8) is 0 Å². The zero-order chi connectivity index (χ0) is 14.0. The highest BCUT2D eigenvalue weighted by Gasteiger charge is 2.25. The molecule has 3 nitrogen and oxygen atoms in total. The number of nitrogens with zero attached hydrogens (tertiary/aromatic N) is 2. The maximum Gasteiger partial charge on any atom is 0.0629 e. The van der Waals surface area contributed by atoms with Crippen LogP contribution >= 0.6 is 0 Å². The van der Waals surface area contributed by atoms with Crippen molar-refractivity contribution in [1.29, 1.82) is 0 Å². The van der Waals surface area contributed by atoms with Crippen LogP contribution in [-0.4, -0.2) is 15.8 Å². The zero-order valence-electron chi connectivity index (χ0n) is 12.9. The van der Waals surface area contributed by atoms with Crippen LogP contribution in [0.3, 0.4) is 0 Å². The summed E-state index contributed by atoms with van der Waals surface area (Å²) in [6.45, 7) is 8.73. The molecule has 1 saturated carbocycles. The van der Waals surface area contributed by atoms with Crippen LogP contribution < -0.4 is 5.73 Å². The SMILES string of the molecule is CCC1CCCC(n2nc(C)c(CC(C)N)c2C)C1. The van der Waals surface area contributed by atoms with E-state index in [1.54, 1.807) is 0 Å². The van der Waals surface area contributed by atoms with E-state index in [2.05, 4.69) is 32.4 Å². The van der Waals surface area contributed by atoms with Crippen LogP contribution in [0.15, 0.2) is 0 Å². The third kappa shape index (κ3) is 3.19. The van der Waals surface area contributed by atoms with Gasteiger partial charge >= 0.3 is 0 Å². The lowest BCUT2D eigenvalue weighted by Gasteiger charge is -2.29. The lowest BCUT2D eigenvalue weighted by molar-refractivity contribution is 0.244. The number of aromatic nitrogens is 2. The van der Waals surface area contributed by atoms with Crippen molar-refractivity contribution in [3.05, 3.63) is 17.0 Å². The molecule has 2 rings (SSSR count). The predicted molar refractivity (Wildman–Crippen MR) is 80.3 cm³/mol. The molecule has 0 amide bonds. The van der Waals surface area contributed by atoms with Crippen molar-refractivity contribution < 1.29 is 0 Å². The lowest BCUT2D eigenvalue weighted by atomic mass is 9.84. The van der Waals surface area contributed by atoms with E-state index in [4.69, 9.17) is 10.8 Å². The average Bonchev–Trinajstić information content (AvgIpc) is 2.66. The van der Waals surface area contributed by atoms with E-state index >= 15 is 0 Å². The van der Waals surface area contributed by atoms with Gasteiger partial charge in [-0.25, -0.2) is 0 Å². The first-order valence-corrected chi connectivity index (χ1v) is 7.83. The predicted octanol–water partition coefficient (Wildman–Crippen LogP) is 3.53. The second-order valence-electron chi connectivity index (χ2n) is 6.37. The standard InChI is InChI=1S/C16H29N3/c1-5-14-7-6-8-15(10-14)19-13(4)16(9-11(2)17)12(3)18-19/h11,14-15H,5-10,17H2,1-4H3. The van der Waals surface area contributed by atoms with Crippen LogP contribution in [0, 0.1) is 19.8 Å². The third-order valence-corrected chi connectivity index (χ3v) is 4.68. The maximum atomic E-state index is 5.96. The molecule has 1 aliphatic rings. The Morgan fingerprint density at radius 1 is 1.37 bits per heavy atom. The lowest BCUT2D eigenvalue weighted by Crippen LogP contribution is -2.21.